The fraction of sp³-hybridized carbons (Fsp3) is 0.588. The van der Waals surface area contributed by atoms with Gasteiger partial charge in [-0.05, 0) is 33.3 Å². The van der Waals surface area contributed by atoms with Crippen LogP contribution in [0.25, 0.3) is 11.0 Å². The summed E-state index contributed by atoms with van der Waals surface area (Å²) in [5.41, 5.74) is 2.24. The first kappa shape index (κ1) is 16.5. The average Bonchev–Trinajstić information content (AvgIpc) is 2.88. The Morgan fingerprint density at radius 1 is 1.32 bits per heavy atom. The van der Waals surface area contributed by atoms with Crippen molar-refractivity contribution < 1.29 is 4.79 Å². The van der Waals surface area contributed by atoms with E-state index >= 15 is 0 Å². The van der Waals surface area contributed by atoms with E-state index in [1.165, 1.54) is 12.8 Å². The molecule has 22 heavy (non-hydrogen) atoms. The minimum atomic E-state index is -0.0410. The lowest BCUT2D eigenvalue weighted by atomic mass is 10.1. The van der Waals surface area contributed by atoms with Crippen molar-refractivity contribution >= 4 is 16.9 Å². The first-order chi connectivity index (χ1) is 10.5. The van der Waals surface area contributed by atoms with Gasteiger partial charge in [0.15, 0.2) is 5.65 Å². The third-order valence-corrected chi connectivity index (χ3v) is 3.81. The highest BCUT2D eigenvalue weighted by Gasteiger charge is 2.14. The van der Waals surface area contributed by atoms with Crippen molar-refractivity contribution in [1.29, 1.82) is 0 Å². The number of aromatic nitrogens is 3. The van der Waals surface area contributed by atoms with Gasteiger partial charge in [-0.2, -0.15) is 5.10 Å². The monoisotopic (exact) mass is 302 g/mol. The van der Waals surface area contributed by atoms with E-state index in [1.54, 1.807) is 6.20 Å². The third-order valence-electron chi connectivity index (χ3n) is 3.81. The van der Waals surface area contributed by atoms with E-state index in [0.717, 1.165) is 36.1 Å². The van der Waals surface area contributed by atoms with E-state index in [4.69, 9.17) is 0 Å². The number of aryl methyl sites for hydroxylation is 1. The lowest BCUT2D eigenvalue weighted by Gasteiger charge is -2.10. The second-order valence-electron chi connectivity index (χ2n) is 6.03. The van der Waals surface area contributed by atoms with Crippen molar-refractivity contribution in [2.45, 2.75) is 59.4 Å². The summed E-state index contributed by atoms with van der Waals surface area (Å²) in [4.78, 5) is 16.9. The molecular weight excluding hydrogens is 276 g/mol. The Morgan fingerprint density at radius 3 is 2.77 bits per heavy atom. The number of carbonyl (C=O) groups excluding carboxylic acids is 1. The number of nitrogens with zero attached hydrogens (tertiary/aromatic N) is 3. The molecule has 0 saturated heterocycles. The molecule has 0 radical (unpaired) electrons. The highest BCUT2D eigenvalue weighted by atomic mass is 16.1. The number of fused-ring (bicyclic) bond motifs is 1. The van der Waals surface area contributed by atoms with Crippen LogP contribution in [0.15, 0.2) is 12.3 Å². The highest BCUT2D eigenvalue weighted by Crippen LogP contribution is 2.19. The highest BCUT2D eigenvalue weighted by molar-refractivity contribution is 5.98. The number of unbranched alkanes of at least 4 members (excludes halogenated alkanes) is 3. The van der Waals surface area contributed by atoms with Crippen molar-refractivity contribution in [3.63, 3.8) is 0 Å². The summed E-state index contributed by atoms with van der Waals surface area (Å²) >= 11 is 0. The molecule has 0 saturated carbocycles. The maximum atomic E-state index is 12.3. The van der Waals surface area contributed by atoms with Crippen molar-refractivity contribution in [2.24, 2.45) is 0 Å². The molecule has 1 amide bonds. The van der Waals surface area contributed by atoms with E-state index < -0.39 is 0 Å². The zero-order chi connectivity index (χ0) is 16.1. The fourth-order valence-electron chi connectivity index (χ4n) is 2.52. The molecule has 0 aliphatic heterocycles. The summed E-state index contributed by atoms with van der Waals surface area (Å²) in [5, 5.41) is 8.25. The van der Waals surface area contributed by atoms with Gasteiger partial charge in [-0.3, -0.25) is 4.79 Å². The summed E-state index contributed by atoms with van der Waals surface area (Å²) in [6.45, 7) is 8.92. The third kappa shape index (κ3) is 3.64. The minimum Gasteiger partial charge on any atom is -0.352 e. The zero-order valence-electron chi connectivity index (χ0n) is 14.0. The van der Waals surface area contributed by atoms with Crippen LogP contribution in [0.5, 0.6) is 0 Å². The molecule has 0 atom stereocenters. The normalized spacial score (nSPS) is 11.3. The van der Waals surface area contributed by atoms with E-state index in [0.29, 0.717) is 5.56 Å². The van der Waals surface area contributed by atoms with Crippen molar-refractivity contribution in [2.75, 3.05) is 6.54 Å². The number of hydrogen-bond donors (Lipinski definition) is 1. The topological polar surface area (TPSA) is 59.8 Å². The van der Waals surface area contributed by atoms with Gasteiger partial charge in [-0.1, -0.05) is 26.2 Å². The number of hydrogen-bond acceptors (Lipinski definition) is 3. The number of carbonyl (C=O) groups is 1. The lowest BCUT2D eigenvalue weighted by Crippen LogP contribution is -2.25. The number of pyridine rings is 1. The van der Waals surface area contributed by atoms with E-state index in [9.17, 15) is 4.79 Å². The lowest BCUT2D eigenvalue weighted by molar-refractivity contribution is 0.0952. The Kier molecular flexibility index (Phi) is 5.52. The van der Waals surface area contributed by atoms with Gasteiger partial charge in [0.1, 0.15) is 0 Å². The molecule has 0 bridgehead atoms. The maximum absolute atomic E-state index is 12.3. The van der Waals surface area contributed by atoms with Gasteiger partial charge in [0.25, 0.3) is 5.91 Å². The second-order valence-corrected chi connectivity index (χ2v) is 6.03. The summed E-state index contributed by atoms with van der Waals surface area (Å²) in [6.07, 6.45) is 6.39. The largest absolute Gasteiger partial charge is 0.352 e. The standard InChI is InChI=1S/C17H26N4O/c1-5-6-7-8-9-18-17(22)15-10-14-11-19-21(12(2)3)16(14)20-13(15)4/h10-12H,5-9H2,1-4H3,(H,18,22). The van der Waals surface area contributed by atoms with Crippen LogP contribution in [0.2, 0.25) is 0 Å². The van der Waals surface area contributed by atoms with E-state index in [1.807, 2.05) is 17.7 Å². The number of rotatable bonds is 7. The van der Waals surface area contributed by atoms with Gasteiger partial charge in [-0.25, -0.2) is 9.67 Å². The SMILES string of the molecule is CCCCCCNC(=O)c1cc2cnn(C(C)C)c2nc1C. The Bertz CT molecular complexity index is 645. The number of amides is 1. The molecule has 1 N–H and O–H groups in total. The van der Waals surface area contributed by atoms with Crippen LogP contribution in [0.4, 0.5) is 0 Å². The Hall–Kier alpha value is -1.91. The molecule has 0 unspecified atom stereocenters. The summed E-state index contributed by atoms with van der Waals surface area (Å²) in [5.74, 6) is -0.0410. The average molecular weight is 302 g/mol. The van der Waals surface area contributed by atoms with Crippen LogP contribution >= 0.6 is 0 Å². The van der Waals surface area contributed by atoms with Gasteiger partial charge < -0.3 is 5.32 Å². The van der Waals surface area contributed by atoms with Crippen LogP contribution in [0.1, 0.15) is 68.5 Å². The summed E-state index contributed by atoms with van der Waals surface area (Å²) < 4.78 is 1.88. The molecule has 5 heteroatoms. The first-order valence-corrected chi connectivity index (χ1v) is 8.17. The molecule has 0 fully saturated rings. The molecule has 2 aromatic rings. The molecular formula is C17H26N4O. The van der Waals surface area contributed by atoms with E-state index in [2.05, 4.69) is 36.2 Å². The predicted molar refractivity (Wildman–Crippen MR) is 89.1 cm³/mol. The van der Waals surface area contributed by atoms with Crippen molar-refractivity contribution in [1.82, 2.24) is 20.1 Å². The summed E-state index contributed by atoms with van der Waals surface area (Å²) in [7, 11) is 0. The van der Waals surface area contributed by atoms with Gasteiger partial charge in [0, 0.05) is 18.0 Å². The smallest absolute Gasteiger partial charge is 0.253 e. The molecule has 2 heterocycles. The Balaban J connectivity index is 2.11. The van der Waals surface area contributed by atoms with Crippen LogP contribution in [-0.4, -0.2) is 27.2 Å². The van der Waals surface area contributed by atoms with Crippen LogP contribution in [0.3, 0.4) is 0 Å². The van der Waals surface area contributed by atoms with Gasteiger partial charge in [0.05, 0.1) is 17.5 Å². The predicted octanol–water partition coefficient (Wildman–Crippen LogP) is 3.63. The van der Waals surface area contributed by atoms with E-state index in [-0.39, 0.29) is 11.9 Å². The van der Waals surface area contributed by atoms with Gasteiger partial charge in [-0.15, -0.1) is 0 Å². The van der Waals surface area contributed by atoms with Gasteiger partial charge in [0.2, 0.25) is 0 Å². The van der Waals surface area contributed by atoms with Crippen LogP contribution in [0, 0.1) is 6.92 Å². The van der Waals surface area contributed by atoms with Crippen LogP contribution < -0.4 is 5.32 Å². The fourth-order valence-corrected chi connectivity index (χ4v) is 2.52. The van der Waals surface area contributed by atoms with Gasteiger partial charge >= 0.3 is 0 Å². The molecule has 0 spiro atoms. The number of nitrogens with one attached hydrogen (secondary N) is 1. The molecule has 0 aliphatic rings. The second kappa shape index (κ2) is 7.38. The Labute approximate surface area is 132 Å². The quantitative estimate of drug-likeness (QED) is 0.794. The van der Waals surface area contributed by atoms with Crippen LogP contribution in [-0.2, 0) is 0 Å². The first-order valence-electron chi connectivity index (χ1n) is 8.17. The minimum absolute atomic E-state index is 0.0410. The van der Waals surface area contributed by atoms with Crippen molar-refractivity contribution in [3.8, 4) is 0 Å². The molecule has 0 aromatic carbocycles. The molecule has 2 rings (SSSR count). The summed E-state index contributed by atoms with van der Waals surface area (Å²) in [6, 6.07) is 2.15. The molecule has 0 aliphatic carbocycles. The Morgan fingerprint density at radius 2 is 2.09 bits per heavy atom. The molecule has 2 aromatic heterocycles. The molecule has 120 valence electrons. The zero-order valence-corrected chi connectivity index (χ0v) is 14.0. The maximum Gasteiger partial charge on any atom is 0.253 e. The van der Waals surface area contributed by atoms with Crippen molar-refractivity contribution in [3.05, 3.63) is 23.5 Å². The molecule has 5 nitrogen and oxygen atoms in total.